The van der Waals surface area contributed by atoms with Gasteiger partial charge < -0.3 is 4.84 Å². The van der Waals surface area contributed by atoms with Crippen molar-refractivity contribution in [2.24, 2.45) is 11.0 Å². The van der Waals surface area contributed by atoms with Crippen LogP contribution in [-0.2, 0) is 9.63 Å². The molecule has 0 saturated heterocycles. The number of carbonyl (C=O) groups excluding carboxylic acids is 1. The number of nitrogens with zero attached hydrogens (tertiary/aromatic N) is 2. The van der Waals surface area contributed by atoms with Crippen molar-refractivity contribution in [3.8, 4) is 0 Å². The van der Waals surface area contributed by atoms with Gasteiger partial charge in [-0.2, -0.15) is 0 Å². The summed E-state index contributed by atoms with van der Waals surface area (Å²) in [7, 11) is 0. The summed E-state index contributed by atoms with van der Waals surface area (Å²) in [5.41, 5.74) is 2.41. The van der Waals surface area contributed by atoms with Gasteiger partial charge in [-0.15, -0.1) is 0 Å². The van der Waals surface area contributed by atoms with Crippen LogP contribution in [0.2, 0.25) is 0 Å². The van der Waals surface area contributed by atoms with Crippen molar-refractivity contribution in [3.05, 3.63) is 35.6 Å². The lowest BCUT2D eigenvalue weighted by Gasteiger charge is -2.22. The Kier molecular flexibility index (Phi) is 9.04. The van der Waals surface area contributed by atoms with Gasteiger partial charge >= 0.3 is 0 Å². The number of allylic oxidation sites excluding steroid dienone is 3. The number of carbonyl (C=O) groups is 1. The predicted molar refractivity (Wildman–Crippen MR) is 82.7 cm³/mol. The van der Waals surface area contributed by atoms with Gasteiger partial charge in [0.15, 0.2) is 0 Å². The zero-order valence-corrected chi connectivity index (χ0v) is 12.8. The molecule has 0 rings (SSSR count). The molecule has 0 atom stereocenters. The van der Waals surface area contributed by atoms with Gasteiger partial charge in [0.25, 0.3) is 0 Å². The molecule has 0 unspecified atom stereocenters. The first kappa shape index (κ1) is 18.1. The van der Waals surface area contributed by atoms with Crippen molar-refractivity contribution in [2.45, 2.75) is 40.5 Å². The third-order valence-corrected chi connectivity index (χ3v) is 2.57. The number of hydrogen-bond donors (Lipinski definition) is 1. The van der Waals surface area contributed by atoms with Crippen molar-refractivity contribution >= 4 is 12.1 Å². The Balaban J connectivity index is 5.31. The quantitative estimate of drug-likeness (QED) is 0.244. The van der Waals surface area contributed by atoms with Crippen LogP contribution in [0.5, 0.6) is 0 Å². The highest BCUT2D eigenvalue weighted by Gasteiger charge is 2.18. The van der Waals surface area contributed by atoms with Gasteiger partial charge in [0.2, 0.25) is 5.91 Å². The molecule has 5 nitrogen and oxygen atoms in total. The van der Waals surface area contributed by atoms with E-state index in [2.05, 4.69) is 11.7 Å². The van der Waals surface area contributed by atoms with Crippen LogP contribution in [0.25, 0.3) is 0 Å². The monoisotopic (exact) mass is 279 g/mol. The molecule has 0 radical (unpaired) electrons. The lowest BCUT2D eigenvalue weighted by Crippen LogP contribution is -2.37. The predicted octanol–water partition coefficient (Wildman–Crippen LogP) is 2.92. The van der Waals surface area contributed by atoms with E-state index in [9.17, 15) is 4.79 Å². The highest BCUT2D eigenvalue weighted by Crippen LogP contribution is 2.19. The molecule has 112 valence electrons. The molecule has 0 aromatic rings. The minimum absolute atomic E-state index is 0.140. The zero-order chi connectivity index (χ0) is 15.5. The topological polar surface area (TPSA) is 67.9 Å². The average Bonchev–Trinajstić information content (AvgIpc) is 2.41. The lowest BCUT2D eigenvalue weighted by atomic mass is 10.1. The summed E-state index contributed by atoms with van der Waals surface area (Å²) in [5, 5.41) is 4.88. The molecule has 2 N–H and O–H groups in total. The molecule has 0 aliphatic rings. The van der Waals surface area contributed by atoms with Crippen LogP contribution < -0.4 is 5.84 Å². The average molecular weight is 279 g/mol. The summed E-state index contributed by atoms with van der Waals surface area (Å²) in [6.45, 7) is 11.5. The second-order valence-corrected chi connectivity index (χ2v) is 4.42. The molecule has 1 amide bonds. The fourth-order valence-corrected chi connectivity index (χ4v) is 1.56. The number of hydrogen-bond acceptors (Lipinski definition) is 4. The summed E-state index contributed by atoms with van der Waals surface area (Å²) >= 11 is 0. The third-order valence-electron chi connectivity index (χ3n) is 2.57. The second-order valence-electron chi connectivity index (χ2n) is 4.42. The fourth-order valence-electron chi connectivity index (χ4n) is 1.56. The molecular formula is C15H25N3O2. The van der Waals surface area contributed by atoms with Crippen molar-refractivity contribution in [2.75, 3.05) is 6.61 Å². The Bertz CT molecular complexity index is 419. The number of hydrazine groups is 1. The van der Waals surface area contributed by atoms with Gasteiger partial charge in [-0.05, 0) is 33.3 Å². The fraction of sp³-hybridized carbons (Fsp3) is 0.467. The van der Waals surface area contributed by atoms with Crippen LogP contribution in [0.15, 0.2) is 40.7 Å². The Morgan fingerprint density at radius 3 is 2.55 bits per heavy atom. The zero-order valence-electron chi connectivity index (χ0n) is 12.8. The first-order chi connectivity index (χ1) is 9.49. The largest absolute Gasteiger partial charge is 0.391 e. The highest BCUT2D eigenvalue weighted by atomic mass is 16.6. The van der Waals surface area contributed by atoms with Gasteiger partial charge in [-0.1, -0.05) is 30.3 Å². The van der Waals surface area contributed by atoms with Crippen molar-refractivity contribution < 1.29 is 9.63 Å². The van der Waals surface area contributed by atoms with Gasteiger partial charge in [-0.25, -0.2) is 10.9 Å². The Labute approximate surface area is 121 Å². The van der Waals surface area contributed by atoms with Crippen LogP contribution in [-0.4, -0.2) is 23.7 Å². The standard InChI is InChI=1S/C15H25N3O2/c1-6-9-14(18(16)15(19)10-7-2)13(12(4)5)11-20-17-8-3/h6,8-9H,1,7,10-11,16H2,2-5H3/b14-9+,17-8-. The summed E-state index contributed by atoms with van der Waals surface area (Å²) < 4.78 is 0. The van der Waals surface area contributed by atoms with Crippen LogP contribution in [0.1, 0.15) is 40.5 Å². The summed E-state index contributed by atoms with van der Waals surface area (Å²) in [6, 6.07) is 0. The molecular weight excluding hydrogens is 254 g/mol. The maximum atomic E-state index is 11.9. The number of nitrogens with two attached hydrogens (primary N) is 1. The molecule has 0 heterocycles. The molecule has 0 aromatic carbocycles. The number of oxime groups is 1. The van der Waals surface area contributed by atoms with Crippen molar-refractivity contribution in [3.63, 3.8) is 0 Å². The molecule has 0 spiro atoms. The van der Waals surface area contributed by atoms with E-state index in [0.717, 1.165) is 22.6 Å². The van der Waals surface area contributed by atoms with Gasteiger partial charge in [0.05, 0.1) is 5.70 Å². The summed E-state index contributed by atoms with van der Waals surface area (Å²) in [4.78, 5) is 17.1. The molecule has 0 saturated carbocycles. The molecule has 20 heavy (non-hydrogen) atoms. The highest BCUT2D eigenvalue weighted by molar-refractivity contribution is 5.78. The van der Waals surface area contributed by atoms with E-state index in [4.69, 9.17) is 10.7 Å². The van der Waals surface area contributed by atoms with Crippen LogP contribution in [0.4, 0.5) is 0 Å². The number of rotatable bonds is 8. The minimum Gasteiger partial charge on any atom is -0.391 e. The van der Waals surface area contributed by atoms with E-state index < -0.39 is 0 Å². The van der Waals surface area contributed by atoms with Crippen LogP contribution >= 0.6 is 0 Å². The van der Waals surface area contributed by atoms with Gasteiger partial charge in [0.1, 0.15) is 6.61 Å². The normalized spacial score (nSPS) is 11.3. The van der Waals surface area contributed by atoms with E-state index >= 15 is 0 Å². The van der Waals surface area contributed by atoms with E-state index in [0.29, 0.717) is 12.1 Å². The van der Waals surface area contributed by atoms with E-state index in [1.54, 1.807) is 25.3 Å². The van der Waals surface area contributed by atoms with E-state index in [1.807, 2.05) is 20.8 Å². The SMILES string of the molecule is C=C/C=C(\C(CO/N=C\C)=C(C)C)N(N)C(=O)CCC. The number of amides is 1. The minimum atomic E-state index is -0.140. The molecule has 0 fully saturated rings. The smallest absolute Gasteiger partial charge is 0.241 e. The second kappa shape index (κ2) is 9.97. The summed E-state index contributed by atoms with van der Waals surface area (Å²) in [5.74, 6) is 5.78. The third kappa shape index (κ3) is 5.84. The maximum absolute atomic E-state index is 11.9. The maximum Gasteiger partial charge on any atom is 0.241 e. The van der Waals surface area contributed by atoms with Crippen molar-refractivity contribution in [1.82, 2.24) is 5.01 Å². The molecule has 0 aliphatic carbocycles. The lowest BCUT2D eigenvalue weighted by molar-refractivity contribution is -0.129. The van der Waals surface area contributed by atoms with E-state index in [-0.39, 0.29) is 12.5 Å². The van der Waals surface area contributed by atoms with Crippen LogP contribution in [0, 0.1) is 0 Å². The summed E-state index contributed by atoms with van der Waals surface area (Å²) in [6.07, 6.45) is 6.00. The van der Waals surface area contributed by atoms with Gasteiger partial charge in [0, 0.05) is 18.2 Å². The first-order valence-electron chi connectivity index (χ1n) is 6.66. The first-order valence-corrected chi connectivity index (χ1v) is 6.66. The van der Waals surface area contributed by atoms with Crippen LogP contribution in [0.3, 0.4) is 0 Å². The Hall–Kier alpha value is -1.88. The molecule has 0 aliphatic heterocycles. The molecule has 0 bridgehead atoms. The van der Waals surface area contributed by atoms with Crippen molar-refractivity contribution in [1.29, 1.82) is 0 Å². The van der Waals surface area contributed by atoms with E-state index in [1.165, 1.54) is 0 Å². The Morgan fingerprint density at radius 2 is 2.10 bits per heavy atom. The molecule has 0 aromatic heterocycles. The Morgan fingerprint density at radius 1 is 1.45 bits per heavy atom. The molecule has 5 heteroatoms. The van der Waals surface area contributed by atoms with Gasteiger partial charge in [-0.3, -0.25) is 4.79 Å².